The summed E-state index contributed by atoms with van der Waals surface area (Å²) in [5, 5.41) is 1.57. The maximum absolute atomic E-state index is 12.5. The Bertz CT molecular complexity index is 760. The van der Waals surface area contributed by atoms with Crippen LogP contribution in [0, 0.1) is 0 Å². The standard InChI is InChI=1S/C17H12ClNO/c18-13-7-5-12(6-8-13)11-17(20)15-9-10-19-16-4-2-1-3-14(15)16/h1-10H,11H2. The van der Waals surface area contributed by atoms with E-state index in [1.54, 1.807) is 24.4 Å². The van der Waals surface area contributed by atoms with E-state index in [1.165, 1.54) is 0 Å². The zero-order valence-electron chi connectivity index (χ0n) is 10.7. The third-order valence-electron chi connectivity index (χ3n) is 3.23. The average molecular weight is 282 g/mol. The molecule has 0 aliphatic heterocycles. The minimum Gasteiger partial charge on any atom is -0.294 e. The third-order valence-corrected chi connectivity index (χ3v) is 3.48. The number of carbonyl (C=O) groups is 1. The molecular weight excluding hydrogens is 270 g/mol. The van der Waals surface area contributed by atoms with E-state index in [1.807, 2.05) is 36.4 Å². The molecule has 0 radical (unpaired) electrons. The van der Waals surface area contributed by atoms with Crippen LogP contribution in [0.15, 0.2) is 60.8 Å². The fraction of sp³-hybridized carbons (Fsp3) is 0.0588. The van der Waals surface area contributed by atoms with Crippen LogP contribution < -0.4 is 0 Å². The first-order valence-electron chi connectivity index (χ1n) is 6.35. The van der Waals surface area contributed by atoms with E-state index in [0.717, 1.165) is 16.5 Å². The molecule has 0 fully saturated rings. The number of aromatic nitrogens is 1. The number of ketones is 1. The van der Waals surface area contributed by atoms with Crippen molar-refractivity contribution in [2.75, 3.05) is 0 Å². The second-order valence-electron chi connectivity index (χ2n) is 4.60. The molecule has 1 aromatic heterocycles. The number of hydrogen-bond donors (Lipinski definition) is 0. The average Bonchev–Trinajstić information content (AvgIpc) is 2.49. The number of fused-ring (bicyclic) bond motifs is 1. The van der Waals surface area contributed by atoms with Gasteiger partial charge in [-0.2, -0.15) is 0 Å². The maximum Gasteiger partial charge on any atom is 0.167 e. The zero-order chi connectivity index (χ0) is 13.9. The number of para-hydroxylation sites is 1. The van der Waals surface area contributed by atoms with Gasteiger partial charge in [0.25, 0.3) is 0 Å². The van der Waals surface area contributed by atoms with Crippen LogP contribution in [0.4, 0.5) is 0 Å². The summed E-state index contributed by atoms with van der Waals surface area (Å²) < 4.78 is 0. The molecule has 98 valence electrons. The fourth-order valence-corrected chi connectivity index (χ4v) is 2.35. The molecule has 2 aromatic carbocycles. The molecule has 0 aliphatic rings. The normalized spacial score (nSPS) is 10.7. The molecule has 0 spiro atoms. The van der Waals surface area contributed by atoms with Gasteiger partial charge in [-0.05, 0) is 29.8 Å². The van der Waals surface area contributed by atoms with Crippen molar-refractivity contribution in [2.45, 2.75) is 6.42 Å². The highest BCUT2D eigenvalue weighted by atomic mass is 35.5. The van der Waals surface area contributed by atoms with Crippen LogP contribution in [0.5, 0.6) is 0 Å². The summed E-state index contributed by atoms with van der Waals surface area (Å²) in [7, 11) is 0. The molecule has 0 unspecified atom stereocenters. The lowest BCUT2D eigenvalue weighted by molar-refractivity contribution is 0.0994. The molecular formula is C17H12ClNO. The van der Waals surface area contributed by atoms with Crippen molar-refractivity contribution < 1.29 is 4.79 Å². The topological polar surface area (TPSA) is 30.0 Å². The van der Waals surface area contributed by atoms with Crippen molar-refractivity contribution in [3.05, 3.63) is 76.9 Å². The monoisotopic (exact) mass is 281 g/mol. The van der Waals surface area contributed by atoms with E-state index in [9.17, 15) is 4.79 Å². The molecule has 3 heteroatoms. The predicted molar refractivity (Wildman–Crippen MR) is 81.2 cm³/mol. The zero-order valence-corrected chi connectivity index (χ0v) is 11.5. The molecule has 0 aliphatic carbocycles. The largest absolute Gasteiger partial charge is 0.294 e. The van der Waals surface area contributed by atoms with Gasteiger partial charge in [-0.15, -0.1) is 0 Å². The van der Waals surface area contributed by atoms with Crippen LogP contribution >= 0.6 is 11.6 Å². The van der Waals surface area contributed by atoms with Gasteiger partial charge in [-0.25, -0.2) is 0 Å². The number of benzene rings is 2. The number of pyridine rings is 1. The van der Waals surface area contributed by atoms with E-state index in [0.29, 0.717) is 17.0 Å². The second-order valence-corrected chi connectivity index (χ2v) is 5.04. The van der Waals surface area contributed by atoms with Crippen LogP contribution in [-0.2, 0) is 6.42 Å². The molecule has 2 nitrogen and oxygen atoms in total. The van der Waals surface area contributed by atoms with Gasteiger partial charge in [-0.1, -0.05) is 41.9 Å². The first-order valence-corrected chi connectivity index (χ1v) is 6.73. The number of carbonyl (C=O) groups excluding carboxylic acids is 1. The van der Waals surface area contributed by atoms with Crippen molar-refractivity contribution >= 4 is 28.3 Å². The molecule has 0 saturated carbocycles. The number of hydrogen-bond acceptors (Lipinski definition) is 2. The van der Waals surface area contributed by atoms with Crippen LogP contribution in [0.1, 0.15) is 15.9 Å². The molecule has 0 amide bonds. The van der Waals surface area contributed by atoms with Crippen molar-refractivity contribution in [1.82, 2.24) is 4.98 Å². The molecule has 0 bridgehead atoms. The summed E-state index contributed by atoms with van der Waals surface area (Å²) in [6, 6.07) is 16.8. The summed E-state index contributed by atoms with van der Waals surface area (Å²) in [6.07, 6.45) is 2.04. The Labute approximate surface area is 122 Å². The second kappa shape index (κ2) is 5.43. The molecule has 0 N–H and O–H groups in total. The first kappa shape index (κ1) is 12.8. The number of rotatable bonds is 3. The Morgan fingerprint density at radius 3 is 2.55 bits per heavy atom. The van der Waals surface area contributed by atoms with Gasteiger partial charge in [-0.3, -0.25) is 9.78 Å². The summed E-state index contributed by atoms with van der Waals surface area (Å²) in [5.74, 6) is 0.0888. The smallest absolute Gasteiger partial charge is 0.167 e. The fourth-order valence-electron chi connectivity index (χ4n) is 2.22. The van der Waals surface area contributed by atoms with Gasteiger partial charge in [0.15, 0.2) is 5.78 Å². The van der Waals surface area contributed by atoms with Gasteiger partial charge < -0.3 is 0 Å². The van der Waals surface area contributed by atoms with Gasteiger partial charge in [0, 0.05) is 28.6 Å². The number of nitrogens with zero attached hydrogens (tertiary/aromatic N) is 1. The van der Waals surface area contributed by atoms with Crippen LogP contribution in [0.3, 0.4) is 0 Å². The highest BCUT2D eigenvalue weighted by Crippen LogP contribution is 2.19. The Balaban J connectivity index is 1.94. The Morgan fingerprint density at radius 2 is 1.75 bits per heavy atom. The molecule has 1 heterocycles. The highest BCUT2D eigenvalue weighted by molar-refractivity contribution is 6.30. The lowest BCUT2D eigenvalue weighted by Gasteiger charge is -2.05. The van der Waals surface area contributed by atoms with Crippen molar-refractivity contribution in [3.8, 4) is 0 Å². The van der Waals surface area contributed by atoms with Crippen LogP contribution in [-0.4, -0.2) is 10.8 Å². The predicted octanol–water partition coefficient (Wildman–Crippen LogP) is 4.31. The van der Waals surface area contributed by atoms with E-state index in [2.05, 4.69) is 4.98 Å². The van der Waals surface area contributed by atoms with E-state index in [4.69, 9.17) is 11.6 Å². The summed E-state index contributed by atoms with van der Waals surface area (Å²) >= 11 is 5.85. The first-order chi connectivity index (χ1) is 9.74. The molecule has 3 rings (SSSR count). The Morgan fingerprint density at radius 1 is 1.00 bits per heavy atom. The molecule has 3 aromatic rings. The quantitative estimate of drug-likeness (QED) is 0.670. The summed E-state index contributed by atoms with van der Waals surface area (Å²) in [5.41, 5.74) is 2.51. The van der Waals surface area contributed by atoms with Crippen molar-refractivity contribution in [2.24, 2.45) is 0 Å². The lowest BCUT2D eigenvalue weighted by atomic mass is 10.00. The highest BCUT2D eigenvalue weighted by Gasteiger charge is 2.11. The lowest BCUT2D eigenvalue weighted by Crippen LogP contribution is -2.04. The molecule has 20 heavy (non-hydrogen) atoms. The Hall–Kier alpha value is -2.19. The SMILES string of the molecule is O=C(Cc1ccc(Cl)cc1)c1ccnc2ccccc12. The number of halogens is 1. The van der Waals surface area contributed by atoms with Gasteiger partial charge >= 0.3 is 0 Å². The van der Waals surface area contributed by atoms with Crippen LogP contribution in [0.25, 0.3) is 10.9 Å². The van der Waals surface area contributed by atoms with E-state index < -0.39 is 0 Å². The van der Waals surface area contributed by atoms with Crippen molar-refractivity contribution in [3.63, 3.8) is 0 Å². The minimum absolute atomic E-state index is 0.0888. The van der Waals surface area contributed by atoms with E-state index in [-0.39, 0.29) is 5.78 Å². The van der Waals surface area contributed by atoms with Crippen LogP contribution in [0.2, 0.25) is 5.02 Å². The van der Waals surface area contributed by atoms with Gasteiger partial charge in [0.2, 0.25) is 0 Å². The Kier molecular flexibility index (Phi) is 3.48. The number of Topliss-reactive ketones (excluding diaryl/α,β-unsaturated/α-hetero) is 1. The third kappa shape index (κ3) is 2.56. The summed E-state index contributed by atoms with van der Waals surface area (Å²) in [6.45, 7) is 0. The molecule has 0 saturated heterocycles. The van der Waals surface area contributed by atoms with E-state index >= 15 is 0 Å². The molecule has 0 atom stereocenters. The maximum atomic E-state index is 12.5. The van der Waals surface area contributed by atoms with Gasteiger partial charge in [0.05, 0.1) is 5.52 Å². The minimum atomic E-state index is 0.0888. The van der Waals surface area contributed by atoms with Gasteiger partial charge in [0.1, 0.15) is 0 Å². The van der Waals surface area contributed by atoms with Crippen molar-refractivity contribution in [1.29, 1.82) is 0 Å². The summed E-state index contributed by atoms with van der Waals surface area (Å²) in [4.78, 5) is 16.7.